The maximum Gasteiger partial charge on any atom is 0.490 e. The molecule has 1 aromatic carbocycles. The molecule has 37 heavy (non-hydrogen) atoms. The zero-order valence-electron chi connectivity index (χ0n) is 19.8. The number of aliphatic carboxylic acids is 2. The molecule has 0 aliphatic carbocycles. The van der Waals surface area contributed by atoms with Crippen molar-refractivity contribution >= 4 is 23.5 Å². The van der Waals surface area contributed by atoms with E-state index < -0.39 is 24.3 Å². The van der Waals surface area contributed by atoms with Crippen LogP contribution in [0.1, 0.15) is 29.7 Å². The summed E-state index contributed by atoms with van der Waals surface area (Å²) in [6.45, 7) is 6.81. The molecule has 0 saturated carbocycles. The van der Waals surface area contributed by atoms with Crippen LogP contribution in [0.5, 0.6) is 0 Å². The van der Waals surface area contributed by atoms with E-state index in [0.29, 0.717) is 5.92 Å². The van der Waals surface area contributed by atoms with Crippen LogP contribution in [0.4, 0.5) is 26.3 Å². The summed E-state index contributed by atoms with van der Waals surface area (Å²) in [6.07, 6.45) is -7.13. The van der Waals surface area contributed by atoms with Crippen molar-refractivity contribution in [1.82, 2.24) is 14.7 Å². The van der Waals surface area contributed by atoms with Gasteiger partial charge in [-0.2, -0.15) is 31.4 Å². The third-order valence-corrected chi connectivity index (χ3v) is 5.27. The molecule has 2 aromatic rings. The van der Waals surface area contributed by atoms with Crippen molar-refractivity contribution in [3.63, 3.8) is 0 Å². The number of carboxylic acid groups (broad SMARTS) is 2. The van der Waals surface area contributed by atoms with Gasteiger partial charge in [0.1, 0.15) is 0 Å². The number of alkyl halides is 6. The van der Waals surface area contributed by atoms with E-state index in [1.807, 2.05) is 18.3 Å². The molecule has 8 nitrogen and oxygen atoms in total. The van der Waals surface area contributed by atoms with E-state index in [-0.39, 0.29) is 0 Å². The summed E-state index contributed by atoms with van der Waals surface area (Å²) in [5, 5.41) is 19.6. The SMILES string of the molecule is CCn1ncc2c1CN(CCc1cccc(Cl)c1)CC2COC.O=C(O)C(F)(F)F.O=C(O)C(F)(F)F. The average molecular weight is 562 g/mol. The van der Waals surface area contributed by atoms with Crippen LogP contribution in [0.15, 0.2) is 30.5 Å². The van der Waals surface area contributed by atoms with Crippen LogP contribution in [0.3, 0.4) is 0 Å². The molecule has 0 radical (unpaired) electrons. The highest BCUT2D eigenvalue weighted by molar-refractivity contribution is 6.30. The number of fused-ring (bicyclic) bond motifs is 1. The van der Waals surface area contributed by atoms with Crippen molar-refractivity contribution in [1.29, 1.82) is 0 Å². The lowest BCUT2D eigenvalue weighted by Crippen LogP contribution is -2.37. The molecular formula is C22H26ClF6N3O5. The Hall–Kier alpha value is -2.84. The van der Waals surface area contributed by atoms with E-state index in [1.165, 1.54) is 16.8 Å². The Balaban J connectivity index is 0.000000404. The standard InChI is InChI=1S/C18H24ClN3O.2C2HF3O2/c1-3-22-18-12-21(8-7-14-5-4-6-16(19)9-14)11-15(13-23-2)17(18)10-20-22;2*3-2(4,5)1(6)7/h4-6,9-10,15H,3,7-8,11-13H2,1-2H3;2*(H,6,7). The van der Waals surface area contributed by atoms with Gasteiger partial charge >= 0.3 is 24.3 Å². The number of carbonyl (C=O) groups is 2. The Labute approximate surface area is 213 Å². The third-order valence-electron chi connectivity index (χ3n) is 5.03. The second-order valence-corrected chi connectivity index (χ2v) is 8.17. The minimum absolute atomic E-state index is 0.406. The molecule has 0 saturated heterocycles. The molecule has 2 N–H and O–H groups in total. The first-order chi connectivity index (χ1) is 17.1. The van der Waals surface area contributed by atoms with Crippen LogP contribution >= 0.6 is 11.6 Å². The number of rotatable bonds is 6. The summed E-state index contributed by atoms with van der Waals surface area (Å²) in [6, 6.07) is 8.14. The monoisotopic (exact) mass is 561 g/mol. The van der Waals surface area contributed by atoms with Crippen LogP contribution in [0, 0.1) is 0 Å². The lowest BCUT2D eigenvalue weighted by atomic mass is 9.95. The number of carboxylic acids is 2. The molecule has 1 unspecified atom stereocenters. The first-order valence-electron chi connectivity index (χ1n) is 10.7. The lowest BCUT2D eigenvalue weighted by Gasteiger charge is -2.33. The van der Waals surface area contributed by atoms with E-state index in [2.05, 4.69) is 33.7 Å². The maximum atomic E-state index is 10.6. The smallest absolute Gasteiger partial charge is 0.475 e. The van der Waals surface area contributed by atoms with Gasteiger partial charge in [0.05, 0.1) is 18.5 Å². The van der Waals surface area contributed by atoms with Crippen molar-refractivity contribution in [2.24, 2.45) is 0 Å². The minimum Gasteiger partial charge on any atom is -0.475 e. The van der Waals surface area contributed by atoms with Crippen molar-refractivity contribution in [3.05, 3.63) is 52.3 Å². The Morgan fingerprint density at radius 2 is 1.70 bits per heavy atom. The van der Waals surface area contributed by atoms with E-state index >= 15 is 0 Å². The van der Waals surface area contributed by atoms with Gasteiger partial charge in [0.25, 0.3) is 0 Å². The summed E-state index contributed by atoms with van der Waals surface area (Å²) < 4.78 is 71.0. The van der Waals surface area contributed by atoms with Crippen molar-refractivity contribution in [3.8, 4) is 0 Å². The molecule has 0 bridgehead atoms. The highest BCUT2D eigenvalue weighted by atomic mass is 35.5. The fourth-order valence-corrected chi connectivity index (χ4v) is 3.60. The molecule has 1 atom stereocenters. The Kier molecular flexibility index (Phi) is 12.3. The average Bonchev–Trinajstić information content (AvgIpc) is 3.21. The zero-order valence-corrected chi connectivity index (χ0v) is 20.6. The van der Waals surface area contributed by atoms with Gasteiger partial charge in [-0.3, -0.25) is 9.58 Å². The van der Waals surface area contributed by atoms with E-state index in [1.54, 1.807) is 7.11 Å². The molecular weight excluding hydrogens is 536 g/mol. The van der Waals surface area contributed by atoms with Crippen LogP contribution in [-0.4, -0.2) is 76.0 Å². The number of halogens is 7. The van der Waals surface area contributed by atoms with E-state index in [4.69, 9.17) is 36.1 Å². The number of methoxy groups -OCH3 is 1. The van der Waals surface area contributed by atoms with Crippen molar-refractivity contribution < 1.29 is 50.9 Å². The number of hydrogen-bond acceptors (Lipinski definition) is 5. The van der Waals surface area contributed by atoms with Gasteiger partial charge in [-0.15, -0.1) is 0 Å². The van der Waals surface area contributed by atoms with Gasteiger partial charge in [-0.1, -0.05) is 23.7 Å². The minimum atomic E-state index is -5.08. The fourth-order valence-electron chi connectivity index (χ4n) is 3.39. The number of aryl methyl sites for hydroxylation is 1. The molecule has 1 aliphatic rings. The molecule has 0 amide bonds. The van der Waals surface area contributed by atoms with Gasteiger partial charge in [0, 0.05) is 49.8 Å². The Morgan fingerprint density at radius 3 is 2.16 bits per heavy atom. The molecule has 0 spiro atoms. The number of ether oxygens (including phenoxy) is 1. The van der Waals surface area contributed by atoms with Gasteiger partial charge in [0.15, 0.2) is 0 Å². The quantitative estimate of drug-likeness (QED) is 0.496. The maximum absolute atomic E-state index is 10.6. The molecule has 15 heteroatoms. The number of nitrogens with zero attached hydrogens (tertiary/aromatic N) is 3. The van der Waals surface area contributed by atoms with Crippen molar-refractivity contribution in [2.45, 2.75) is 44.7 Å². The normalized spacial score (nSPS) is 15.5. The van der Waals surface area contributed by atoms with Gasteiger partial charge in [0.2, 0.25) is 0 Å². The van der Waals surface area contributed by atoms with Gasteiger partial charge in [-0.05, 0) is 31.0 Å². The third kappa shape index (κ3) is 11.0. The second kappa shape index (κ2) is 14.2. The van der Waals surface area contributed by atoms with E-state index in [9.17, 15) is 26.3 Å². The van der Waals surface area contributed by atoms with Crippen molar-refractivity contribution in [2.75, 3.05) is 26.8 Å². The number of aromatic nitrogens is 2. The zero-order chi connectivity index (χ0) is 28.4. The van der Waals surface area contributed by atoms with Crippen LogP contribution in [0.2, 0.25) is 5.02 Å². The highest BCUT2D eigenvalue weighted by Crippen LogP contribution is 2.28. The van der Waals surface area contributed by atoms with Crippen LogP contribution in [-0.2, 0) is 33.8 Å². The molecule has 1 aromatic heterocycles. The predicted octanol–water partition coefficient (Wildman–Crippen LogP) is 4.61. The first kappa shape index (κ1) is 32.2. The van der Waals surface area contributed by atoms with Gasteiger partial charge in [-0.25, -0.2) is 9.59 Å². The van der Waals surface area contributed by atoms with E-state index in [0.717, 1.165) is 44.2 Å². The molecule has 0 fully saturated rings. The number of benzene rings is 1. The topological polar surface area (TPSA) is 105 Å². The predicted molar refractivity (Wildman–Crippen MR) is 120 cm³/mol. The number of hydrogen-bond donors (Lipinski definition) is 2. The van der Waals surface area contributed by atoms with Crippen LogP contribution in [0.25, 0.3) is 0 Å². The molecule has 2 heterocycles. The lowest BCUT2D eigenvalue weighted by molar-refractivity contribution is -0.193. The summed E-state index contributed by atoms with van der Waals surface area (Å²) in [4.78, 5) is 20.3. The Morgan fingerprint density at radius 1 is 1.14 bits per heavy atom. The summed E-state index contributed by atoms with van der Waals surface area (Å²) >= 11 is 6.08. The summed E-state index contributed by atoms with van der Waals surface area (Å²) in [5.74, 6) is -5.11. The largest absolute Gasteiger partial charge is 0.490 e. The molecule has 1 aliphatic heterocycles. The molecule has 208 valence electrons. The van der Waals surface area contributed by atoms with Crippen LogP contribution < -0.4 is 0 Å². The van der Waals surface area contributed by atoms with Gasteiger partial charge < -0.3 is 14.9 Å². The summed E-state index contributed by atoms with van der Waals surface area (Å²) in [7, 11) is 1.77. The Bertz CT molecular complexity index is 1000. The first-order valence-corrected chi connectivity index (χ1v) is 11.1. The fraction of sp³-hybridized carbons (Fsp3) is 0.500. The second-order valence-electron chi connectivity index (χ2n) is 7.74. The molecule has 3 rings (SSSR count). The summed E-state index contributed by atoms with van der Waals surface area (Å²) in [5.41, 5.74) is 3.98. The highest BCUT2D eigenvalue weighted by Gasteiger charge is 2.38.